The lowest BCUT2D eigenvalue weighted by Gasteiger charge is -2.51. The number of piperidine rings is 3. The Hall–Kier alpha value is -2.14. The number of nitrogens with zero attached hydrogens (tertiary/aromatic N) is 3. The van der Waals surface area contributed by atoms with Gasteiger partial charge >= 0.3 is 0 Å². The Morgan fingerprint density at radius 3 is 2.75 bits per heavy atom. The molecule has 4 fully saturated rings. The van der Waals surface area contributed by atoms with Crippen LogP contribution in [0.15, 0.2) is 47.3 Å². The van der Waals surface area contributed by atoms with Crippen molar-refractivity contribution in [2.75, 3.05) is 19.6 Å². The van der Waals surface area contributed by atoms with Crippen molar-refractivity contribution < 1.29 is 9.21 Å². The Bertz CT molecular complexity index is 722. The quantitative estimate of drug-likeness (QED) is 0.851. The Morgan fingerprint density at radius 2 is 2.04 bits per heavy atom. The summed E-state index contributed by atoms with van der Waals surface area (Å²) >= 11 is 0. The van der Waals surface area contributed by atoms with Gasteiger partial charge < -0.3 is 9.32 Å². The lowest BCUT2D eigenvalue weighted by molar-refractivity contribution is -0.00430. The number of hydrogen-bond donors (Lipinski definition) is 0. The van der Waals surface area contributed by atoms with E-state index in [-0.39, 0.29) is 5.91 Å². The number of carbonyl (C=O) groups excluding carboxylic acids is 1. The number of rotatable bonds is 2. The molecule has 5 nitrogen and oxygen atoms in total. The van der Waals surface area contributed by atoms with Crippen molar-refractivity contribution in [3.63, 3.8) is 0 Å². The first-order chi connectivity index (χ1) is 11.8. The van der Waals surface area contributed by atoms with Gasteiger partial charge in [-0.05, 0) is 55.6 Å². The monoisotopic (exact) mass is 323 g/mol. The van der Waals surface area contributed by atoms with Gasteiger partial charge in [0.25, 0.3) is 5.91 Å². The van der Waals surface area contributed by atoms with Crippen LogP contribution in [0.3, 0.4) is 0 Å². The predicted octanol–water partition coefficient (Wildman–Crippen LogP) is 2.38. The minimum absolute atomic E-state index is 0.0372. The van der Waals surface area contributed by atoms with Crippen molar-refractivity contribution in [2.45, 2.75) is 30.8 Å². The van der Waals surface area contributed by atoms with E-state index in [1.807, 2.05) is 18.5 Å². The SMILES string of the molecule is O=C(c1ccco1)N1CC(c2cccnc2)C2C1C1CCN2CC1. The average Bonchev–Trinajstić information content (AvgIpc) is 3.32. The highest BCUT2D eigenvalue weighted by atomic mass is 16.3. The van der Waals surface area contributed by atoms with Crippen molar-refractivity contribution in [1.82, 2.24) is 14.8 Å². The summed E-state index contributed by atoms with van der Waals surface area (Å²) in [5.74, 6) is 1.44. The van der Waals surface area contributed by atoms with Gasteiger partial charge in [0.15, 0.2) is 5.76 Å². The molecule has 3 unspecified atom stereocenters. The Labute approximate surface area is 141 Å². The summed E-state index contributed by atoms with van der Waals surface area (Å²) in [6.45, 7) is 3.07. The Kier molecular flexibility index (Phi) is 3.23. The number of amides is 1. The van der Waals surface area contributed by atoms with Crippen LogP contribution in [-0.4, -0.2) is 52.4 Å². The fraction of sp³-hybridized carbons (Fsp3) is 0.474. The molecule has 0 radical (unpaired) electrons. The van der Waals surface area contributed by atoms with Crippen LogP contribution in [0.2, 0.25) is 0 Å². The molecule has 6 heterocycles. The number of hydrogen-bond acceptors (Lipinski definition) is 4. The largest absolute Gasteiger partial charge is 0.459 e. The maximum absolute atomic E-state index is 13.0. The van der Waals surface area contributed by atoms with Crippen LogP contribution in [-0.2, 0) is 0 Å². The number of aromatic nitrogens is 1. The predicted molar refractivity (Wildman–Crippen MR) is 88.6 cm³/mol. The molecule has 2 bridgehead atoms. The third-order valence-corrected chi connectivity index (χ3v) is 6.10. The van der Waals surface area contributed by atoms with Crippen molar-refractivity contribution in [3.05, 3.63) is 54.2 Å². The molecule has 1 amide bonds. The van der Waals surface area contributed by atoms with Gasteiger partial charge in [-0.1, -0.05) is 6.07 Å². The van der Waals surface area contributed by atoms with Gasteiger partial charge in [-0.25, -0.2) is 0 Å². The number of carbonyl (C=O) groups is 1. The number of fused-ring (bicyclic) bond motifs is 2. The molecule has 0 aliphatic carbocycles. The summed E-state index contributed by atoms with van der Waals surface area (Å²) in [6, 6.07) is 8.43. The van der Waals surface area contributed by atoms with Crippen LogP contribution in [0, 0.1) is 5.92 Å². The zero-order valence-corrected chi connectivity index (χ0v) is 13.5. The number of likely N-dealkylation sites (tertiary alicyclic amines) is 1. The number of furan rings is 1. The molecule has 2 aromatic heterocycles. The molecule has 5 heteroatoms. The highest BCUT2D eigenvalue weighted by molar-refractivity contribution is 5.92. The van der Waals surface area contributed by atoms with Crippen LogP contribution >= 0.6 is 0 Å². The molecule has 124 valence electrons. The third-order valence-electron chi connectivity index (χ3n) is 6.10. The Balaban J connectivity index is 1.54. The molecule has 6 rings (SSSR count). The summed E-state index contributed by atoms with van der Waals surface area (Å²) in [7, 11) is 0. The molecule has 4 aliphatic rings. The van der Waals surface area contributed by atoms with E-state index in [1.165, 1.54) is 18.4 Å². The molecule has 4 aliphatic heterocycles. The maximum atomic E-state index is 13.0. The highest BCUT2D eigenvalue weighted by Gasteiger charge is 2.55. The van der Waals surface area contributed by atoms with E-state index < -0.39 is 0 Å². The Morgan fingerprint density at radius 1 is 1.17 bits per heavy atom. The normalized spacial score (nSPS) is 34.3. The first-order valence-corrected chi connectivity index (χ1v) is 8.81. The fourth-order valence-electron chi connectivity index (χ4n) is 5.08. The maximum Gasteiger partial charge on any atom is 0.289 e. The molecule has 0 aromatic carbocycles. The van der Waals surface area contributed by atoms with E-state index in [0.29, 0.717) is 29.7 Å². The van der Waals surface area contributed by atoms with Crippen molar-refractivity contribution in [2.24, 2.45) is 5.92 Å². The second kappa shape index (κ2) is 5.45. The minimum Gasteiger partial charge on any atom is -0.459 e. The standard InChI is InChI=1S/C19H21N3O2/c23-19(16-4-2-10-24-16)22-12-15(14-3-1-7-20-11-14)18-17(22)13-5-8-21(18)9-6-13/h1-4,7,10-11,13,15,17-18H,5-6,8-9,12H2. The van der Waals surface area contributed by atoms with Crippen LogP contribution in [0.25, 0.3) is 0 Å². The zero-order valence-electron chi connectivity index (χ0n) is 13.5. The molecule has 3 atom stereocenters. The molecular formula is C19H21N3O2. The second-order valence-electron chi connectivity index (χ2n) is 7.18. The molecule has 24 heavy (non-hydrogen) atoms. The van der Waals surface area contributed by atoms with Crippen LogP contribution in [0.4, 0.5) is 0 Å². The van der Waals surface area contributed by atoms with E-state index in [0.717, 1.165) is 19.6 Å². The van der Waals surface area contributed by atoms with Crippen molar-refractivity contribution >= 4 is 5.91 Å². The van der Waals surface area contributed by atoms with E-state index in [2.05, 4.69) is 20.9 Å². The van der Waals surface area contributed by atoms with Crippen LogP contribution in [0.5, 0.6) is 0 Å². The van der Waals surface area contributed by atoms with Gasteiger partial charge in [-0.2, -0.15) is 0 Å². The van der Waals surface area contributed by atoms with Crippen LogP contribution in [0.1, 0.15) is 34.9 Å². The average molecular weight is 323 g/mol. The third kappa shape index (κ3) is 2.04. The summed E-state index contributed by atoms with van der Waals surface area (Å²) < 4.78 is 5.39. The van der Waals surface area contributed by atoms with Gasteiger partial charge in [-0.3, -0.25) is 14.7 Å². The van der Waals surface area contributed by atoms with Gasteiger partial charge in [0.2, 0.25) is 0 Å². The molecule has 0 saturated carbocycles. The topological polar surface area (TPSA) is 49.6 Å². The lowest BCUT2D eigenvalue weighted by atomic mass is 9.75. The first-order valence-electron chi connectivity index (χ1n) is 8.81. The molecule has 2 aromatic rings. The fourth-order valence-corrected chi connectivity index (χ4v) is 5.08. The van der Waals surface area contributed by atoms with E-state index in [1.54, 1.807) is 18.4 Å². The van der Waals surface area contributed by atoms with Crippen molar-refractivity contribution in [1.29, 1.82) is 0 Å². The first kappa shape index (κ1) is 14.2. The smallest absolute Gasteiger partial charge is 0.289 e. The molecule has 0 N–H and O–H groups in total. The van der Waals surface area contributed by atoms with E-state index in [9.17, 15) is 4.79 Å². The summed E-state index contributed by atoms with van der Waals surface area (Å²) in [6.07, 6.45) is 7.75. The summed E-state index contributed by atoms with van der Waals surface area (Å²) in [4.78, 5) is 22.0. The summed E-state index contributed by atoms with van der Waals surface area (Å²) in [5.41, 5.74) is 1.25. The molecule has 4 saturated heterocycles. The van der Waals surface area contributed by atoms with E-state index in [4.69, 9.17) is 4.42 Å². The second-order valence-corrected chi connectivity index (χ2v) is 7.18. The van der Waals surface area contributed by atoms with Gasteiger partial charge in [0.05, 0.1) is 12.3 Å². The number of pyridine rings is 1. The zero-order chi connectivity index (χ0) is 16.1. The minimum atomic E-state index is 0.0372. The molecule has 0 spiro atoms. The molecular weight excluding hydrogens is 302 g/mol. The van der Waals surface area contributed by atoms with Gasteiger partial charge in [-0.15, -0.1) is 0 Å². The van der Waals surface area contributed by atoms with Crippen LogP contribution < -0.4 is 0 Å². The van der Waals surface area contributed by atoms with Crippen molar-refractivity contribution in [3.8, 4) is 0 Å². The van der Waals surface area contributed by atoms with E-state index >= 15 is 0 Å². The van der Waals surface area contributed by atoms with Gasteiger partial charge in [0, 0.05) is 30.9 Å². The lowest BCUT2D eigenvalue weighted by Crippen LogP contribution is -2.60. The van der Waals surface area contributed by atoms with Gasteiger partial charge in [0.1, 0.15) is 0 Å². The highest BCUT2D eigenvalue weighted by Crippen LogP contribution is 2.46. The summed E-state index contributed by atoms with van der Waals surface area (Å²) in [5, 5.41) is 0.